The zero-order valence-electron chi connectivity index (χ0n) is 19.3. The summed E-state index contributed by atoms with van der Waals surface area (Å²) in [5.74, 6) is -0.323. The molecule has 33 heavy (non-hydrogen) atoms. The van der Waals surface area contributed by atoms with E-state index in [9.17, 15) is 14.9 Å². The fourth-order valence-corrected chi connectivity index (χ4v) is 4.79. The minimum atomic E-state index is -0.481. The quantitative estimate of drug-likeness (QED) is 0.376. The van der Waals surface area contributed by atoms with E-state index in [1.165, 1.54) is 17.0 Å². The number of benzene rings is 2. The molecule has 4 rings (SSSR count). The molecule has 8 heteroatoms. The van der Waals surface area contributed by atoms with E-state index < -0.39 is 4.92 Å². The predicted octanol–water partition coefficient (Wildman–Crippen LogP) is 4.13. The number of para-hydroxylation sites is 1. The molecule has 2 aromatic rings. The van der Waals surface area contributed by atoms with Gasteiger partial charge in [-0.25, -0.2) is 0 Å². The van der Waals surface area contributed by atoms with Gasteiger partial charge in [-0.1, -0.05) is 18.2 Å². The van der Waals surface area contributed by atoms with Crippen LogP contribution in [-0.4, -0.2) is 72.7 Å². The molecule has 0 radical (unpaired) electrons. The smallest absolute Gasteiger partial charge is 0.270 e. The van der Waals surface area contributed by atoms with Crippen LogP contribution in [0.2, 0.25) is 0 Å². The first-order valence-electron chi connectivity index (χ1n) is 11.5. The molecule has 0 saturated carbocycles. The number of hydrogen-bond donors (Lipinski definition) is 0. The van der Waals surface area contributed by atoms with E-state index in [2.05, 4.69) is 16.8 Å². The molecule has 2 aliphatic rings. The third-order valence-corrected chi connectivity index (χ3v) is 6.75. The molecular formula is C25H31N5O3. The van der Waals surface area contributed by atoms with E-state index in [0.717, 1.165) is 45.3 Å². The molecule has 8 nitrogen and oxygen atoms in total. The Morgan fingerprint density at radius 3 is 2.55 bits per heavy atom. The lowest BCUT2D eigenvalue weighted by Crippen LogP contribution is -2.46. The van der Waals surface area contributed by atoms with Crippen molar-refractivity contribution in [3.05, 3.63) is 64.2 Å². The summed E-state index contributed by atoms with van der Waals surface area (Å²) in [7, 11) is 3.83. The number of non-ortho nitro benzene ring substituents is 1. The van der Waals surface area contributed by atoms with Gasteiger partial charge in [-0.3, -0.25) is 24.8 Å². The Morgan fingerprint density at radius 2 is 1.85 bits per heavy atom. The van der Waals surface area contributed by atoms with Gasteiger partial charge in [0, 0.05) is 43.2 Å². The average molecular weight is 450 g/mol. The van der Waals surface area contributed by atoms with Gasteiger partial charge in [0.1, 0.15) is 0 Å². The highest BCUT2D eigenvalue weighted by Crippen LogP contribution is 2.29. The van der Waals surface area contributed by atoms with Crippen molar-refractivity contribution in [1.82, 2.24) is 9.80 Å². The van der Waals surface area contributed by atoms with Crippen LogP contribution in [0.4, 0.5) is 17.1 Å². The molecular weight excluding hydrogens is 418 g/mol. The van der Waals surface area contributed by atoms with Crippen molar-refractivity contribution >= 4 is 29.2 Å². The third-order valence-electron chi connectivity index (χ3n) is 6.75. The number of nitrogens with zero attached hydrogens (tertiary/aromatic N) is 5. The van der Waals surface area contributed by atoms with Gasteiger partial charge in [0.05, 0.1) is 16.2 Å². The topological polar surface area (TPSA) is 82.3 Å². The molecule has 2 heterocycles. The fourth-order valence-electron chi connectivity index (χ4n) is 4.79. The number of hydrogen-bond acceptors (Lipinski definition) is 6. The minimum absolute atomic E-state index is 0.118. The second-order valence-corrected chi connectivity index (χ2v) is 8.92. The highest BCUT2D eigenvalue weighted by Gasteiger charge is 2.31. The normalized spacial score (nSPS) is 20.4. The molecule has 1 atom stereocenters. The maximum absolute atomic E-state index is 13.3. The maximum Gasteiger partial charge on any atom is 0.270 e. The standard InChI is InChI=1S/C25H31N5O3/c1-27-15-12-20(13-16-27)29-14-6-9-22(29)18-26-24-11-10-21(30(32)33)17-23(24)25(31)28(2)19-7-4-3-5-8-19/h3-5,7-8,10-11,17-18,20,22H,6,9,12-16H2,1-2H3/b26-18+. The lowest BCUT2D eigenvalue weighted by molar-refractivity contribution is -0.384. The molecule has 1 unspecified atom stereocenters. The molecule has 2 saturated heterocycles. The number of likely N-dealkylation sites (tertiary alicyclic amines) is 2. The molecule has 0 spiro atoms. The molecule has 1 amide bonds. The van der Waals surface area contributed by atoms with Crippen molar-refractivity contribution in [2.45, 2.75) is 37.8 Å². The van der Waals surface area contributed by atoms with Gasteiger partial charge in [0.15, 0.2) is 0 Å². The molecule has 2 fully saturated rings. The fraction of sp³-hybridized carbons (Fsp3) is 0.440. The number of aliphatic imine (C=N–C) groups is 1. The van der Waals surface area contributed by atoms with Gasteiger partial charge in [-0.05, 0) is 70.6 Å². The van der Waals surface area contributed by atoms with Crippen LogP contribution in [-0.2, 0) is 0 Å². The van der Waals surface area contributed by atoms with Gasteiger partial charge in [0.25, 0.3) is 11.6 Å². The highest BCUT2D eigenvalue weighted by atomic mass is 16.6. The van der Waals surface area contributed by atoms with Gasteiger partial charge in [0.2, 0.25) is 0 Å². The second-order valence-electron chi connectivity index (χ2n) is 8.92. The number of piperidine rings is 1. The van der Waals surface area contributed by atoms with E-state index >= 15 is 0 Å². The molecule has 0 bridgehead atoms. The molecule has 2 aliphatic heterocycles. The van der Waals surface area contributed by atoms with Crippen LogP contribution in [0.15, 0.2) is 53.5 Å². The summed E-state index contributed by atoms with van der Waals surface area (Å²) in [6, 6.07) is 14.3. The zero-order valence-corrected chi connectivity index (χ0v) is 19.3. The Bertz CT molecular complexity index is 1020. The molecule has 0 aromatic heterocycles. The summed E-state index contributed by atoms with van der Waals surface area (Å²) < 4.78 is 0. The molecule has 174 valence electrons. The van der Waals surface area contributed by atoms with Crippen LogP contribution >= 0.6 is 0 Å². The van der Waals surface area contributed by atoms with Crippen LogP contribution < -0.4 is 4.90 Å². The Labute approximate surface area is 194 Å². The van der Waals surface area contributed by atoms with Crippen molar-refractivity contribution < 1.29 is 9.72 Å². The number of carbonyl (C=O) groups is 1. The first-order chi connectivity index (χ1) is 15.9. The molecule has 2 aromatic carbocycles. The Kier molecular flexibility index (Phi) is 7.15. The SMILES string of the molecule is CN1CCC(N2CCCC2/C=N/c2ccc([N+](=O)[O-])cc2C(=O)N(C)c2ccccc2)CC1. The number of amides is 1. The number of anilines is 1. The van der Waals surface area contributed by atoms with E-state index in [4.69, 9.17) is 4.99 Å². The van der Waals surface area contributed by atoms with Gasteiger partial charge < -0.3 is 9.80 Å². The Hall–Kier alpha value is -3.10. The number of rotatable bonds is 6. The minimum Gasteiger partial charge on any atom is -0.311 e. The first kappa shape index (κ1) is 23.1. The van der Waals surface area contributed by atoms with E-state index in [1.807, 2.05) is 36.5 Å². The summed E-state index contributed by atoms with van der Waals surface area (Å²) in [6.45, 7) is 3.28. The molecule has 0 aliphatic carbocycles. The summed E-state index contributed by atoms with van der Waals surface area (Å²) in [5, 5.41) is 11.4. The average Bonchev–Trinajstić information content (AvgIpc) is 3.31. The summed E-state index contributed by atoms with van der Waals surface area (Å²) in [6.07, 6.45) is 6.42. The summed E-state index contributed by atoms with van der Waals surface area (Å²) in [4.78, 5) is 35.3. The van der Waals surface area contributed by atoms with Gasteiger partial charge in [-0.2, -0.15) is 0 Å². The van der Waals surface area contributed by atoms with Crippen molar-refractivity contribution in [3.63, 3.8) is 0 Å². The van der Waals surface area contributed by atoms with Crippen LogP contribution in [0.5, 0.6) is 0 Å². The summed E-state index contributed by atoms with van der Waals surface area (Å²) >= 11 is 0. The van der Waals surface area contributed by atoms with Gasteiger partial charge >= 0.3 is 0 Å². The van der Waals surface area contributed by atoms with Crippen LogP contribution in [0.3, 0.4) is 0 Å². The Balaban J connectivity index is 1.58. The predicted molar refractivity (Wildman–Crippen MR) is 131 cm³/mol. The van der Waals surface area contributed by atoms with E-state index in [0.29, 0.717) is 17.4 Å². The maximum atomic E-state index is 13.3. The largest absolute Gasteiger partial charge is 0.311 e. The lowest BCUT2D eigenvalue weighted by atomic mass is 10.0. The first-order valence-corrected chi connectivity index (χ1v) is 11.5. The lowest BCUT2D eigenvalue weighted by Gasteiger charge is -2.37. The number of nitro groups is 1. The van der Waals surface area contributed by atoms with Crippen molar-refractivity contribution in [1.29, 1.82) is 0 Å². The van der Waals surface area contributed by atoms with Crippen molar-refractivity contribution in [3.8, 4) is 0 Å². The van der Waals surface area contributed by atoms with Crippen LogP contribution in [0.1, 0.15) is 36.0 Å². The monoisotopic (exact) mass is 449 g/mol. The van der Waals surface area contributed by atoms with Crippen molar-refractivity contribution in [2.24, 2.45) is 4.99 Å². The Morgan fingerprint density at radius 1 is 1.12 bits per heavy atom. The van der Waals surface area contributed by atoms with Gasteiger partial charge in [-0.15, -0.1) is 0 Å². The van der Waals surface area contributed by atoms with Crippen LogP contribution in [0.25, 0.3) is 0 Å². The third kappa shape index (κ3) is 5.29. The highest BCUT2D eigenvalue weighted by molar-refractivity contribution is 6.09. The molecule has 0 N–H and O–H groups in total. The van der Waals surface area contributed by atoms with Crippen LogP contribution in [0, 0.1) is 10.1 Å². The number of nitro benzene ring substituents is 1. The zero-order chi connectivity index (χ0) is 23.4. The van der Waals surface area contributed by atoms with E-state index in [1.54, 1.807) is 13.1 Å². The van der Waals surface area contributed by atoms with E-state index in [-0.39, 0.29) is 23.2 Å². The second kappa shape index (κ2) is 10.2. The van der Waals surface area contributed by atoms with Crippen molar-refractivity contribution in [2.75, 3.05) is 38.6 Å². The number of carbonyl (C=O) groups excluding carboxylic acids is 1. The summed E-state index contributed by atoms with van der Waals surface area (Å²) in [5.41, 5.74) is 1.29.